The molecule has 1 fully saturated rings. The Morgan fingerprint density at radius 1 is 1.33 bits per heavy atom. The monoisotopic (exact) mass is 280 g/mol. The average Bonchev–Trinajstić information content (AvgIpc) is 2.31. The average molecular weight is 280 g/mol. The van der Waals surface area contributed by atoms with Crippen molar-refractivity contribution in [3.8, 4) is 0 Å². The lowest BCUT2D eigenvalue weighted by Crippen LogP contribution is -2.46. The van der Waals surface area contributed by atoms with Crippen LogP contribution in [0.4, 0.5) is 0 Å². The molecule has 8 heteroatoms. The zero-order chi connectivity index (χ0) is 13.4. The van der Waals surface area contributed by atoms with Gasteiger partial charge in [0.25, 0.3) is 0 Å². The number of hydrogen-bond donors (Lipinski definition) is 1. The second-order valence-electron chi connectivity index (χ2n) is 3.96. The van der Waals surface area contributed by atoms with Gasteiger partial charge in [-0.1, -0.05) is 0 Å². The van der Waals surface area contributed by atoms with Crippen molar-refractivity contribution in [2.75, 3.05) is 39.3 Å². The lowest BCUT2D eigenvalue weighted by Gasteiger charge is -2.33. The molecule has 1 aliphatic heterocycles. The second-order valence-corrected chi connectivity index (χ2v) is 4.57. The normalized spacial score (nSPS) is 19.7. The predicted molar refractivity (Wildman–Crippen MR) is 65.7 cm³/mol. The number of hydrogen-bond acceptors (Lipinski definition) is 6. The first-order valence-electron chi connectivity index (χ1n) is 6.04. The molecule has 0 aromatic heterocycles. The van der Waals surface area contributed by atoms with Crippen molar-refractivity contribution in [1.29, 1.82) is 0 Å². The van der Waals surface area contributed by atoms with Crippen molar-refractivity contribution < 1.29 is 22.6 Å². The number of carbonyl (C=O) groups excluding carboxylic acids is 1. The topological polar surface area (TPSA) is 79.3 Å². The highest BCUT2D eigenvalue weighted by Crippen LogP contribution is 2.04. The van der Waals surface area contributed by atoms with Gasteiger partial charge in [-0.15, -0.1) is 0 Å². The Balaban J connectivity index is 2.07. The third kappa shape index (κ3) is 6.41. The zero-order valence-electron chi connectivity index (χ0n) is 10.5. The Bertz CT molecular complexity index is 281. The van der Waals surface area contributed by atoms with Crippen LogP contribution in [0.1, 0.15) is 19.8 Å². The third-order valence-electron chi connectivity index (χ3n) is 2.66. The molecule has 1 saturated heterocycles. The van der Waals surface area contributed by atoms with Crippen LogP contribution >= 0.6 is 0 Å². The van der Waals surface area contributed by atoms with E-state index in [4.69, 9.17) is 9.39 Å². The molecule has 1 unspecified atom stereocenters. The molecule has 1 aliphatic rings. The Kier molecular flexibility index (Phi) is 7.36. The van der Waals surface area contributed by atoms with Crippen LogP contribution in [0.15, 0.2) is 0 Å². The number of nitrogens with zero attached hydrogens (tertiary/aromatic N) is 2. The van der Waals surface area contributed by atoms with E-state index in [2.05, 4.69) is 9.08 Å². The number of carbonyl (C=O) groups is 1. The first-order chi connectivity index (χ1) is 8.61. The summed E-state index contributed by atoms with van der Waals surface area (Å²) in [6.07, 6.45) is 0.794. The fourth-order valence-corrected chi connectivity index (χ4v) is 2.08. The quantitative estimate of drug-likeness (QED) is 0.658. The zero-order valence-corrected chi connectivity index (χ0v) is 11.4. The highest BCUT2D eigenvalue weighted by molar-refractivity contribution is 7.74. The minimum absolute atomic E-state index is 0.165. The molecule has 0 bridgehead atoms. The van der Waals surface area contributed by atoms with Gasteiger partial charge in [0.05, 0.1) is 6.61 Å². The molecule has 106 valence electrons. The Morgan fingerprint density at radius 3 is 2.56 bits per heavy atom. The van der Waals surface area contributed by atoms with Crippen molar-refractivity contribution in [2.45, 2.75) is 19.8 Å². The fourth-order valence-electron chi connectivity index (χ4n) is 1.83. The molecular weight excluding hydrogens is 260 g/mol. The van der Waals surface area contributed by atoms with Gasteiger partial charge in [-0.2, -0.15) is 9.27 Å². The van der Waals surface area contributed by atoms with Crippen molar-refractivity contribution in [3.63, 3.8) is 0 Å². The summed E-state index contributed by atoms with van der Waals surface area (Å²) in [5, 5.41) is 1.94. The summed E-state index contributed by atoms with van der Waals surface area (Å²) in [6, 6.07) is 0. The van der Waals surface area contributed by atoms with E-state index in [1.807, 2.05) is 12.0 Å². The van der Waals surface area contributed by atoms with Crippen molar-refractivity contribution in [1.82, 2.24) is 9.96 Å². The summed E-state index contributed by atoms with van der Waals surface area (Å²) in [4.78, 5) is 18.6. The molecule has 7 nitrogen and oxygen atoms in total. The van der Waals surface area contributed by atoms with E-state index in [9.17, 15) is 9.00 Å². The maximum absolute atomic E-state index is 11.0. The highest BCUT2D eigenvalue weighted by atomic mass is 32.2. The maximum Gasteiger partial charge on any atom is 0.360 e. The highest BCUT2D eigenvalue weighted by Gasteiger charge is 2.17. The molecule has 0 aromatic rings. The molecule has 1 atom stereocenters. The van der Waals surface area contributed by atoms with Gasteiger partial charge in [0.1, 0.15) is 0 Å². The summed E-state index contributed by atoms with van der Waals surface area (Å²) in [5.74, 6) is -0.635. The molecule has 18 heavy (non-hydrogen) atoms. The van der Waals surface area contributed by atoms with Crippen LogP contribution in [0.25, 0.3) is 0 Å². The van der Waals surface area contributed by atoms with Gasteiger partial charge in [0.15, 0.2) is 0 Å². The van der Waals surface area contributed by atoms with E-state index < -0.39 is 17.3 Å². The summed E-state index contributed by atoms with van der Waals surface area (Å²) in [7, 11) is 0. The van der Waals surface area contributed by atoms with Crippen LogP contribution in [0, 0.1) is 0 Å². The van der Waals surface area contributed by atoms with Crippen molar-refractivity contribution in [3.05, 3.63) is 0 Å². The summed E-state index contributed by atoms with van der Waals surface area (Å²) in [5.41, 5.74) is 0. The first-order valence-corrected chi connectivity index (χ1v) is 7.07. The minimum atomic E-state index is -2.50. The van der Waals surface area contributed by atoms with Gasteiger partial charge in [-0.3, -0.25) is 14.2 Å². The third-order valence-corrected chi connectivity index (χ3v) is 2.99. The lowest BCUT2D eigenvalue weighted by atomic mass is 10.2. The van der Waals surface area contributed by atoms with Crippen LogP contribution in [-0.2, 0) is 25.2 Å². The van der Waals surface area contributed by atoms with Gasteiger partial charge in [-0.25, -0.2) is 0 Å². The van der Waals surface area contributed by atoms with Crippen molar-refractivity contribution >= 4 is 17.3 Å². The van der Waals surface area contributed by atoms with Crippen LogP contribution in [0.3, 0.4) is 0 Å². The number of rotatable bonds is 7. The molecule has 0 spiro atoms. The van der Waals surface area contributed by atoms with Crippen LogP contribution in [-0.4, -0.2) is 64.0 Å². The summed E-state index contributed by atoms with van der Waals surface area (Å²) < 4.78 is 22.7. The van der Waals surface area contributed by atoms with Crippen LogP contribution in [0.5, 0.6) is 0 Å². The molecule has 0 aliphatic carbocycles. The van der Waals surface area contributed by atoms with E-state index in [1.165, 1.54) is 0 Å². The SMILES string of the molecule is CCON1CCN(CCCC(=O)OS(=O)O)CC1. The molecule has 1 N–H and O–H groups in total. The van der Waals surface area contributed by atoms with Crippen LogP contribution < -0.4 is 0 Å². The minimum Gasteiger partial charge on any atom is -0.343 e. The van der Waals surface area contributed by atoms with Crippen LogP contribution in [0.2, 0.25) is 0 Å². The molecule has 0 aromatic carbocycles. The smallest absolute Gasteiger partial charge is 0.343 e. The molecule has 1 rings (SSSR count). The lowest BCUT2D eigenvalue weighted by molar-refractivity contribution is -0.172. The standard InChI is InChI=1S/C10H20N2O5S/c1-2-16-12-8-6-11(7-9-12)5-3-4-10(13)17-18(14)15/h2-9H2,1H3,(H,14,15). The van der Waals surface area contributed by atoms with E-state index in [-0.39, 0.29) is 6.42 Å². The number of piperazine rings is 1. The largest absolute Gasteiger partial charge is 0.360 e. The molecule has 1 heterocycles. The molecular formula is C10H20N2O5S. The van der Waals surface area contributed by atoms with Gasteiger partial charge in [-0.05, 0) is 19.9 Å². The van der Waals surface area contributed by atoms with Gasteiger partial charge >= 0.3 is 17.3 Å². The summed E-state index contributed by atoms with van der Waals surface area (Å²) >= 11 is -2.50. The van der Waals surface area contributed by atoms with Gasteiger partial charge in [0.2, 0.25) is 0 Å². The Labute approximate surface area is 109 Å². The van der Waals surface area contributed by atoms with Crippen molar-refractivity contribution in [2.24, 2.45) is 0 Å². The maximum atomic E-state index is 11.0. The Morgan fingerprint density at radius 2 is 2.00 bits per heavy atom. The molecule has 0 radical (unpaired) electrons. The first kappa shape index (κ1) is 15.5. The predicted octanol–water partition coefficient (Wildman–Crippen LogP) is 0.0156. The Hall–Kier alpha value is -0.540. The van der Waals surface area contributed by atoms with Gasteiger partial charge in [0, 0.05) is 32.6 Å². The second kappa shape index (κ2) is 8.54. The van der Waals surface area contributed by atoms with E-state index >= 15 is 0 Å². The number of hydroxylamine groups is 2. The molecule has 0 saturated carbocycles. The molecule has 0 amide bonds. The van der Waals surface area contributed by atoms with Gasteiger partial charge < -0.3 is 9.08 Å². The van der Waals surface area contributed by atoms with E-state index in [1.54, 1.807) is 0 Å². The summed E-state index contributed by atoms with van der Waals surface area (Å²) in [6.45, 7) is 6.96. The van der Waals surface area contributed by atoms with E-state index in [0.717, 1.165) is 32.7 Å². The fraction of sp³-hybridized carbons (Fsp3) is 0.900. The van der Waals surface area contributed by atoms with E-state index in [0.29, 0.717) is 13.0 Å².